The SMILES string of the molecule is COC(=O)CCCCc1csc(-c2ccccc2O)n1.O=C(O)CCCCc1csc(-c2ccccc2O)n1. The van der Waals surface area contributed by atoms with Gasteiger partial charge in [0.25, 0.3) is 0 Å². The Hall–Kier alpha value is -3.76. The van der Waals surface area contributed by atoms with Gasteiger partial charge >= 0.3 is 11.9 Å². The minimum Gasteiger partial charge on any atom is -0.507 e. The molecule has 0 aliphatic carbocycles. The fourth-order valence-corrected chi connectivity index (χ4v) is 5.44. The highest BCUT2D eigenvalue weighted by molar-refractivity contribution is 7.13. The normalized spacial score (nSPS) is 10.5. The molecule has 0 amide bonds. The van der Waals surface area contributed by atoms with Gasteiger partial charge in [0.1, 0.15) is 21.5 Å². The molecule has 206 valence electrons. The van der Waals surface area contributed by atoms with Crippen molar-refractivity contribution in [1.29, 1.82) is 0 Å². The summed E-state index contributed by atoms with van der Waals surface area (Å²) in [6.45, 7) is 0. The fraction of sp³-hybridized carbons (Fsp3) is 0.310. The number of rotatable bonds is 12. The summed E-state index contributed by atoms with van der Waals surface area (Å²) in [4.78, 5) is 30.4. The summed E-state index contributed by atoms with van der Waals surface area (Å²) in [5, 5.41) is 33.7. The maximum absolute atomic E-state index is 11.0. The third-order valence-electron chi connectivity index (χ3n) is 5.74. The van der Waals surface area contributed by atoms with Crippen molar-refractivity contribution in [3.8, 4) is 32.6 Å². The summed E-state index contributed by atoms with van der Waals surface area (Å²) in [6, 6.07) is 14.3. The number of benzene rings is 2. The standard InChI is InChI=1S/C15H17NO3S.C14H15NO3S/c1-19-14(18)9-5-2-6-11-10-20-15(16-11)12-7-3-4-8-13(12)17;16-12-7-3-2-6-11(12)14-15-10(9-19-14)5-1-4-8-13(17)18/h3-4,7-8,10,17H,2,5-6,9H2,1H3;2-3,6-7,9,16H,1,4-5,8H2,(H,17,18). The fourth-order valence-electron chi connectivity index (χ4n) is 3.66. The zero-order chi connectivity index (χ0) is 28.0. The molecule has 0 fully saturated rings. The molecule has 0 saturated carbocycles. The largest absolute Gasteiger partial charge is 0.507 e. The van der Waals surface area contributed by atoms with E-state index in [0.717, 1.165) is 64.6 Å². The van der Waals surface area contributed by atoms with Crippen LogP contribution in [-0.2, 0) is 27.2 Å². The predicted octanol–water partition coefficient (Wildman–Crippen LogP) is 6.71. The smallest absolute Gasteiger partial charge is 0.305 e. The molecule has 0 aliphatic rings. The Morgan fingerprint density at radius 2 is 1.21 bits per heavy atom. The summed E-state index contributed by atoms with van der Waals surface area (Å²) in [6.07, 6.45) is 5.45. The van der Waals surface area contributed by atoms with E-state index in [1.54, 1.807) is 24.3 Å². The van der Waals surface area contributed by atoms with Crippen LogP contribution in [0.1, 0.15) is 49.9 Å². The molecule has 0 unspecified atom stereocenters. The van der Waals surface area contributed by atoms with E-state index >= 15 is 0 Å². The number of methoxy groups -OCH3 is 1. The summed E-state index contributed by atoms with van der Waals surface area (Å²) in [5.41, 5.74) is 3.45. The highest BCUT2D eigenvalue weighted by atomic mass is 32.1. The molecule has 0 saturated heterocycles. The first-order valence-electron chi connectivity index (χ1n) is 12.6. The lowest BCUT2D eigenvalue weighted by molar-refractivity contribution is -0.140. The molecular formula is C29H32N2O6S2. The summed E-state index contributed by atoms with van der Waals surface area (Å²) >= 11 is 3.02. The van der Waals surface area contributed by atoms with Crippen LogP contribution in [0.25, 0.3) is 21.1 Å². The van der Waals surface area contributed by atoms with Crippen molar-refractivity contribution in [3.63, 3.8) is 0 Å². The van der Waals surface area contributed by atoms with E-state index in [0.29, 0.717) is 12.8 Å². The number of aromatic nitrogens is 2. The molecule has 4 rings (SSSR count). The van der Waals surface area contributed by atoms with Crippen molar-refractivity contribution in [1.82, 2.24) is 9.97 Å². The molecule has 4 aromatic rings. The second kappa shape index (κ2) is 15.6. The van der Waals surface area contributed by atoms with Crippen LogP contribution in [0.15, 0.2) is 59.3 Å². The number of esters is 1. The molecule has 0 radical (unpaired) electrons. The highest BCUT2D eigenvalue weighted by Crippen LogP contribution is 2.32. The number of hydrogen-bond acceptors (Lipinski definition) is 9. The van der Waals surface area contributed by atoms with Crippen LogP contribution < -0.4 is 0 Å². The number of ether oxygens (including phenoxy) is 1. The highest BCUT2D eigenvalue weighted by Gasteiger charge is 2.10. The predicted molar refractivity (Wildman–Crippen MR) is 153 cm³/mol. The van der Waals surface area contributed by atoms with Crippen molar-refractivity contribution in [2.45, 2.75) is 51.4 Å². The average molecular weight is 569 g/mol. The maximum atomic E-state index is 11.0. The lowest BCUT2D eigenvalue weighted by Gasteiger charge is -2.00. The topological polar surface area (TPSA) is 130 Å². The quantitative estimate of drug-likeness (QED) is 0.127. The zero-order valence-corrected chi connectivity index (χ0v) is 23.3. The third-order valence-corrected chi connectivity index (χ3v) is 7.59. The van der Waals surface area contributed by atoms with Gasteiger partial charge in [0.2, 0.25) is 0 Å². The number of unbranched alkanes of at least 4 members (excludes halogenated alkanes) is 2. The van der Waals surface area contributed by atoms with Gasteiger partial charge in [-0.2, -0.15) is 0 Å². The van der Waals surface area contributed by atoms with E-state index in [9.17, 15) is 19.8 Å². The van der Waals surface area contributed by atoms with Crippen molar-refractivity contribution in [2.75, 3.05) is 7.11 Å². The second-order valence-corrected chi connectivity index (χ2v) is 10.4. The number of carbonyl (C=O) groups excluding carboxylic acids is 1. The summed E-state index contributed by atoms with van der Waals surface area (Å²) in [5.74, 6) is -0.445. The molecule has 0 aliphatic heterocycles. The van der Waals surface area contributed by atoms with Gasteiger partial charge in [0.05, 0.1) is 29.6 Å². The molecular weight excluding hydrogens is 536 g/mol. The van der Waals surface area contributed by atoms with Crippen LogP contribution in [0.3, 0.4) is 0 Å². The van der Waals surface area contributed by atoms with E-state index in [-0.39, 0.29) is 23.9 Å². The molecule has 0 bridgehead atoms. The van der Waals surface area contributed by atoms with Gasteiger partial charge in [-0.1, -0.05) is 24.3 Å². The molecule has 10 heteroatoms. The Morgan fingerprint density at radius 3 is 1.64 bits per heavy atom. The van der Waals surface area contributed by atoms with Crippen LogP contribution >= 0.6 is 22.7 Å². The van der Waals surface area contributed by atoms with Crippen molar-refractivity contribution < 1.29 is 29.6 Å². The van der Waals surface area contributed by atoms with E-state index < -0.39 is 5.97 Å². The lowest BCUT2D eigenvalue weighted by Crippen LogP contribution is -1.99. The molecule has 39 heavy (non-hydrogen) atoms. The van der Waals surface area contributed by atoms with Gasteiger partial charge in [-0.25, -0.2) is 9.97 Å². The first kappa shape index (κ1) is 29.8. The number of aryl methyl sites for hydroxylation is 2. The van der Waals surface area contributed by atoms with E-state index in [1.807, 2.05) is 35.0 Å². The van der Waals surface area contributed by atoms with Crippen molar-refractivity contribution >= 4 is 34.6 Å². The monoisotopic (exact) mass is 568 g/mol. The van der Waals surface area contributed by atoms with Crippen LogP contribution in [-0.4, -0.2) is 44.3 Å². The number of aliphatic carboxylic acids is 1. The number of nitrogens with zero attached hydrogens (tertiary/aromatic N) is 2. The molecule has 2 heterocycles. The van der Waals surface area contributed by atoms with Gasteiger partial charge < -0.3 is 20.1 Å². The molecule has 3 N–H and O–H groups in total. The molecule has 0 spiro atoms. The summed E-state index contributed by atoms with van der Waals surface area (Å²) in [7, 11) is 1.40. The van der Waals surface area contributed by atoms with Crippen molar-refractivity contribution in [3.05, 3.63) is 70.7 Å². The number of para-hydroxylation sites is 2. The maximum Gasteiger partial charge on any atom is 0.305 e. The molecule has 8 nitrogen and oxygen atoms in total. The van der Waals surface area contributed by atoms with Gasteiger partial charge in [-0.15, -0.1) is 22.7 Å². The Balaban J connectivity index is 0.000000216. The number of carboxylic acids is 1. The van der Waals surface area contributed by atoms with E-state index in [1.165, 1.54) is 29.8 Å². The third kappa shape index (κ3) is 9.81. The Bertz CT molecular complexity index is 1350. The van der Waals surface area contributed by atoms with Crippen molar-refractivity contribution in [2.24, 2.45) is 0 Å². The number of aromatic hydroxyl groups is 2. The van der Waals surface area contributed by atoms with Crippen LogP contribution in [0.5, 0.6) is 11.5 Å². The van der Waals surface area contributed by atoms with Gasteiger partial charge in [0, 0.05) is 23.6 Å². The second-order valence-electron chi connectivity index (χ2n) is 8.71. The van der Waals surface area contributed by atoms with Crippen LogP contribution in [0.2, 0.25) is 0 Å². The number of carboxylic acid groups (broad SMARTS) is 1. The zero-order valence-electron chi connectivity index (χ0n) is 21.7. The number of phenolic OH excluding ortho intramolecular Hbond substituents is 2. The molecule has 2 aromatic heterocycles. The number of thiazole rings is 2. The van der Waals surface area contributed by atoms with Gasteiger partial charge in [0.15, 0.2) is 0 Å². The molecule has 0 atom stereocenters. The Labute approximate surface area is 235 Å². The molecule has 2 aromatic carbocycles. The number of hydrogen-bond donors (Lipinski definition) is 3. The Kier molecular flexibility index (Phi) is 11.9. The number of phenols is 2. The van der Waals surface area contributed by atoms with Gasteiger partial charge in [-0.3, -0.25) is 9.59 Å². The Morgan fingerprint density at radius 1 is 0.744 bits per heavy atom. The van der Waals surface area contributed by atoms with Crippen LogP contribution in [0.4, 0.5) is 0 Å². The number of carbonyl (C=O) groups is 2. The van der Waals surface area contributed by atoms with Crippen LogP contribution in [0, 0.1) is 0 Å². The first-order valence-corrected chi connectivity index (χ1v) is 14.4. The van der Waals surface area contributed by atoms with E-state index in [2.05, 4.69) is 14.7 Å². The lowest BCUT2D eigenvalue weighted by atomic mass is 10.1. The minimum atomic E-state index is -0.756. The average Bonchev–Trinajstić information content (AvgIpc) is 3.60. The van der Waals surface area contributed by atoms with Gasteiger partial charge in [-0.05, 0) is 62.8 Å². The summed E-state index contributed by atoms with van der Waals surface area (Å²) < 4.78 is 4.60. The van der Waals surface area contributed by atoms with E-state index in [4.69, 9.17) is 5.11 Å². The first-order chi connectivity index (χ1) is 18.9. The minimum absolute atomic E-state index is 0.168.